The van der Waals surface area contributed by atoms with Crippen LogP contribution in [0.25, 0.3) is 0 Å². The number of aliphatic hydroxyl groups is 2. The highest BCUT2D eigenvalue weighted by atomic mass is 16.4. The van der Waals surface area contributed by atoms with Crippen LogP contribution in [0.4, 0.5) is 0 Å². The number of carbonyl (C=O) groups excluding carboxylic acids is 1. The molecule has 1 atom stereocenters. The third-order valence-electron chi connectivity index (χ3n) is 2.86. The first-order valence-electron chi connectivity index (χ1n) is 6.20. The summed E-state index contributed by atoms with van der Waals surface area (Å²) in [6, 6.07) is 4.83. The molecule has 0 radical (unpaired) electrons. The fourth-order valence-corrected chi connectivity index (χ4v) is 1.63. The second-order valence-corrected chi connectivity index (χ2v) is 4.50. The Morgan fingerprint density at radius 2 is 1.75 bits per heavy atom. The van der Waals surface area contributed by atoms with Crippen LogP contribution in [0.3, 0.4) is 0 Å². The van der Waals surface area contributed by atoms with Crippen LogP contribution < -0.4 is 16.5 Å². The van der Waals surface area contributed by atoms with Crippen molar-refractivity contribution < 1.29 is 25.1 Å². The van der Waals surface area contributed by atoms with Gasteiger partial charge in [0.15, 0.2) is 0 Å². The Labute approximate surface area is 117 Å². The SMILES string of the molecule is N[C@@H](Cc1ccc(B(O)O)cc1)C(=O)NC(CO)CO. The first-order chi connectivity index (χ1) is 9.47. The molecule has 0 aliphatic carbocycles. The molecule has 0 fully saturated rings. The van der Waals surface area contributed by atoms with E-state index in [9.17, 15) is 4.79 Å². The molecule has 0 aliphatic rings. The molecule has 20 heavy (non-hydrogen) atoms. The van der Waals surface area contributed by atoms with Crippen molar-refractivity contribution in [3.63, 3.8) is 0 Å². The van der Waals surface area contributed by atoms with Gasteiger partial charge in [0.2, 0.25) is 5.91 Å². The molecule has 0 saturated heterocycles. The van der Waals surface area contributed by atoms with Crippen LogP contribution in [0, 0.1) is 0 Å². The Morgan fingerprint density at radius 1 is 1.20 bits per heavy atom. The van der Waals surface area contributed by atoms with Gasteiger partial charge in [0, 0.05) is 0 Å². The van der Waals surface area contributed by atoms with Crippen molar-refractivity contribution in [2.24, 2.45) is 5.73 Å². The van der Waals surface area contributed by atoms with E-state index in [2.05, 4.69) is 5.32 Å². The van der Waals surface area contributed by atoms with Crippen molar-refractivity contribution in [3.05, 3.63) is 29.8 Å². The van der Waals surface area contributed by atoms with E-state index in [1.165, 1.54) is 12.1 Å². The minimum Gasteiger partial charge on any atom is -0.423 e. The normalized spacial score (nSPS) is 12.3. The highest BCUT2D eigenvalue weighted by Crippen LogP contribution is 2.02. The van der Waals surface area contributed by atoms with E-state index < -0.39 is 25.1 Å². The second kappa shape index (κ2) is 7.98. The third-order valence-corrected chi connectivity index (χ3v) is 2.86. The quantitative estimate of drug-likeness (QED) is 0.290. The molecule has 1 rings (SSSR count). The lowest BCUT2D eigenvalue weighted by Gasteiger charge is -2.17. The molecule has 0 spiro atoms. The van der Waals surface area contributed by atoms with Crippen LogP contribution in [-0.4, -0.2) is 58.6 Å². The maximum absolute atomic E-state index is 11.7. The van der Waals surface area contributed by atoms with E-state index in [1.807, 2.05) is 0 Å². The number of hydrogen-bond donors (Lipinski definition) is 6. The zero-order valence-corrected chi connectivity index (χ0v) is 10.9. The molecular weight excluding hydrogens is 263 g/mol. The number of nitrogens with one attached hydrogen (secondary N) is 1. The molecule has 0 bridgehead atoms. The maximum Gasteiger partial charge on any atom is 0.488 e. The number of nitrogens with two attached hydrogens (primary N) is 1. The predicted octanol–water partition coefficient (Wildman–Crippen LogP) is -3.29. The van der Waals surface area contributed by atoms with E-state index in [0.717, 1.165) is 5.56 Å². The van der Waals surface area contributed by atoms with Gasteiger partial charge in [0.05, 0.1) is 25.3 Å². The molecule has 7 N–H and O–H groups in total. The van der Waals surface area contributed by atoms with Gasteiger partial charge in [-0.2, -0.15) is 0 Å². The minimum atomic E-state index is -1.53. The zero-order valence-electron chi connectivity index (χ0n) is 10.9. The van der Waals surface area contributed by atoms with E-state index in [0.29, 0.717) is 5.46 Å². The number of hydrogen-bond acceptors (Lipinski definition) is 6. The summed E-state index contributed by atoms with van der Waals surface area (Å²) in [5.74, 6) is -0.468. The van der Waals surface area contributed by atoms with Gasteiger partial charge in [-0.1, -0.05) is 24.3 Å². The van der Waals surface area contributed by atoms with Crippen LogP contribution in [0.5, 0.6) is 0 Å². The minimum absolute atomic E-state index is 0.261. The lowest BCUT2D eigenvalue weighted by molar-refractivity contribution is -0.123. The molecule has 1 aromatic rings. The predicted molar refractivity (Wildman–Crippen MR) is 74.0 cm³/mol. The van der Waals surface area contributed by atoms with E-state index in [1.54, 1.807) is 12.1 Å². The standard InChI is InChI=1S/C12H19BN2O5/c14-11(12(18)15-10(6-16)7-17)5-8-1-3-9(4-2-8)13(19)20/h1-4,10-11,16-17,19-20H,5-7,14H2,(H,15,18)/t11-/m0/s1. The Morgan fingerprint density at radius 3 is 2.20 bits per heavy atom. The van der Waals surface area contributed by atoms with E-state index in [-0.39, 0.29) is 19.6 Å². The van der Waals surface area contributed by atoms with Crippen molar-refractivity contribution in [2.75, 3.05) is 13.2 Å². The lowest BCUT2D eigenvalue weighted by Crippen LogP contribution is -2.49. The molecule has 0 aliphatic heterocycles. The highest BCUT2D eigenvalue weighted by molar-refractivity contribution is 6.58. The smallest absolute Gasteiger partial charge is 0.423 e. The van der Waals surface area contributed by atoms with Crippen molar-refractivity contribution >= 4 is 18.5 Å². The van der Waals surface area contributed by atoms with Crippen molar-refractivity contribution in [1.29, 1.82) is 0 Å². The third kappa shape index (κ3) is 4.91. The van der Waals surface area contributed by atoms with Gasteiger partial charge in [0.1, 0.15) is 0 Å². The van der Waals surface area contributed by atoms with Crippen molar-refractivity contribution in [3.8, 4) is 0 Å². The summed E-state index contributed by atoms with van der Waals surface area (Å²) in [4.78, 5) is 11.7. The Kier molecular flexibility index (Phi) is 6.63. The molecule has 1 aromatic carbocycles. The fraction of sp³-hybridized carbons (Fsp3) is 0.417. The topological polar surface area (TPSA) is 136 Å². The zero-order chi connectivity index (χ0) is 15.1. The van der Waals surface area contributed by atoms with Crippen LogP contribution in [0.15, 0.2) is 24.3 Å². The molecule has 7 nitrogen and oxygen atoms in total. The summed E-state index contributed by atoms with van der Waals surface area (Å²) in [6.07, 6.45) is 0.261. The average molecular weight is 282 g/mol. The Balaban J connectivity index is 2.56. The van der Waals surface area contributed by atoms with Gasteiger partial charge in [-0.05, 0) is 17.4 Å². The molecule has 8 heteroatoms. The number of amides is 1. The summed E-state index contributed by atoms with van der Waals surface area (Å²) >= 11 is 0. The Bertz CT molecular complexity index is 422. The average Bonchev–Trinajstić information content (AvgIpc) is 2.44. The summed E-state index contributed by atoms with van der Waals surface area (Å²) in [6.45, 7) is -0.726. The van der Waals surface area contributed by atoms with E-state index >= 15 is 0 Å². The molecule has 0 saturated carbocycles. The van der Waals surface area contributed by atoms with Gasteiger partial charge in [-0.15, -0.1) is 0 Å². The first-order valence-corrected chi connectivity index (χ1v) is 6.20. The highest BCUT2D eigenvalue weighted by Gasteiger charge is 2.18. The van der Waals surface area contributed by atoms with Crippen molar-refractivity contribution in [2.45, 2.75) is 18.5 Å². The van der Waals surface area contributed by atoms with Gasteiger partial charge in [-0.3, -0.25) is 4.79 Å². The van der Waals surface area contributed by atoms with Crippen LogP contribution >= 0.6 is 0 Å². The molecule has 0 aromatic heterocycles. The first kappa shape index (κ1) is 16.6. The lowest BCUT2D eigenvalue weighted by atomic mass is 9.80. The summed E-state index contributed by atoms with van der Waals surface area (Å²) < 4.78 is 0. The largest absolute Gasteiger partial charge is 0.488 e. The summed E-state index contributed by atoms with van der Waals surface area (Å²) in [5, 5.41) is 38.1. The van der Waals surface area contributed by atoms with Crippen LogP contribution in [-0.2, 0) is 11.2 Å². The Hall–Kier alpha value is -1.45. The van der Waals surface area contributed by atoms with Crippen LogP contribution in [0.2, 0.25) is 0 Å². The summed E-state index contributed by atoms with van der Waals surface area (Å²) in [7, 11) is -1.53. The van der Waals surface area contributed by atoms with Gasteiger partial charge in [0.25, 0.3) is 0 Å². The second-order valence-electron chi connectivity index (χ2n) is 4.50. The maximum atomic E-state index is 11.7. The van der Waals surface area contributed by atoms with Crippen molar-refractivity contribution in [1.82, 2.24) is 5.32 Å². The van der Waals surface area contributed by atoms with Gasteiger partial charge in [-0.25, -0.2) is 0 Å². The molecule has 110 valence electrons. The number of rotatable bonds is 7. The molecule has 0 unspecified atom stereocenters. The fourth-order valence-electron chi connectivity index (χ4n) is 1.63. The molecule has 0 heterocycles. The van der Waals surface area contributed by atoms with Crippen LogP contribution in [0.1, 0.15) is 5.56 Å². The van der Waals surface area contributed by atoms with Gasteiger partial charge < -0.3 is 31.3 Å². The number of benzene rings is 1. The summed E-state index contributed by atoms with van der Waals surface area (Å²) in [5.41, 5.74) is 6.85. The molecular formula is C12H19BN2O5. The van der Waals surface area contributed by atoms with Gasteiger partial charge >= 0.3 is 7.12 Å². The number of carbonyl (C=O) groups is 1. The molecule has 1 amide bonds. The van der Waals surface area contributed by atoms with E-state index in [4.69, 9.17) is 26.0 Å². The monoisotopic (exact) mass is 282 g/mol. The number of aliphatic hydroxyl groups excluding tert-OH is 2.